The van der Waals surface area contributed by atoms with Gasteiger partial charge in [0, 0.05) is 0 Å². The zero-order valence-electron chi connectivity index (χ0n) is 6.90. The third-order valence-corrected chi connectivity index (χ3v) is 4.21. The van der Waals surface area contributed by atoms with Crippen molar-refractivity contribution in [2.75, 3.05) is 0 Å². The summed E-state index contributed by atoms with van der Waals surface area (Å²) in [5, 5.41) is 0. The van der Waals surface area contributed by atoms with E-state index in [2.05, 4.69) is 13.2 Å². The lowest BCUT2D eigenvalue weighted by Crippen LogP contribution is -2.05. The Morgan fingerprint density at radius 3 is 1.73 bits per heavy atom. The second-order valence-electron chi connectivity index (χ2n) is 4.47. The van der Waals surface area contributed by atoms with Crippen LogP contribution in [0, 0.1) is 17.3 Å². The molecule has 3 aliphatic carbocycles. The molecule has 3 aliphatic rings. The van der Waals surface area contributed by atoms with Crippen molar-refractivity contribution in [2.24, 2.45) is 17.3 Å². The van der Waals surface area contributed by atoms with Gasteiger partial charge in [0.1, 0.15) is 0 Å². The van der Waals surface area contributed by atoms with E-state index in [1.54, 1.807) is 0 Å². The molecule has 0 aromatic carbocycles. The molecule has 0 saturated heterocycles. The molecule has 0 aromatic heterocycles. The van der Waals surface area contributed by atoms with Crippen molar-refractivity contribution in [3.05, 3.63) is 24.3 Å². The van der Waals surface area contributed by atoms with Crippen LogP contribution in [0.5, 0.6) is 0 Å². The van der Waals surface area contributed by atoms with Gasteiger partial charge >= 0.3 is 0 Å². The van der Waals surface area contributed by atoms with Gasteiger partial charge in [0.05, 0.1) is 0 Å². The first-order valence-corrected chi connectivity index (χ1v) is 4.64. The predicted molar refractivity (Wildman–Crippen MR) is 46.2 cm³/mol. The van der Waals surface area contributed by atoms with Crippen molar-refractivity contribution in [1.82, 2.24) is 0 Å². The smallest absolute Gasteiger partial charge is 0.0103 e. The Hall–Kier alpha value is -0.520. The fourth-order valence-electron chi connectivity index (χ4n) is 3.48. The fraction of sp³-hybridized carbons (Fsp3) is 0.636. The number of allylic oxidation sites excluding steroid dienone is 2. The average Bonchev–Trinajstić information content (AvgIpc) is 2.60. The molecule has 2 atom stereocenters. The van der Waals surface area contributed by atoms with Gasteiger partial charge in [0.25, 0.3) is 0 Å². The highest BCUT2D eigenvalue weighted by atomic mass is 14.7. The van der Waals surface area contributed by atoms with Gasteiger partial charge in [-0.25, -0.2) is 0 Å². The number of hydrogen-bond acceptors (Lipinski definition) is 0. The van der Waals surface area contributed by atoms with E-state index in [0.717, 1.165) is 11.8 Å². The lowest BCUT2D eigenvalue weighted by molar-refractivity contribution is 0.408. The first kappa shape index (κ1) is 6.05. The summed E-state index contributed by atoms with van der Waals surface area (Å²) in [5.41, 5.74) is 3.52. The van der Waals surface area contributed by atoms with Crippen LogP contribution in [0.2, 0.25) is 0 Å². The van der Waals surface area contributed by atoms with Crippen molar-refractivity contribution in [1.29, 1.82) is 0 Å². The Morgan fingerprint density at radius 1 is 1.00 bits per heavy atom. The fourth-order valence-corrected chi connectivity index (χ4v) is 3.48. The Morgan fingerprint density at radius 2 is 1.45 bits per heavy atom. The van der Waals surface area contributed by atoms with E-state index in [1.807, 2.05) is 0 Å². The molecule has 2 unspecified atom stereocenters. The molecule has 0 nitrogen and oxygen atoms in total. The van der Waals surface area contributed by atoms with Gasteiger partial charge < -0.3 is 0 Å². The molecule has 0 aromatic rings. The summed E-state index contributed by atoms with van der Waals surface area (Å²) >= 11 is 0. The zero-order chi connectivity index (χ0) is 7.64. The summed E-state index contributed by atoms with van der Waals surface area (Å²) in [6, 6.07) is 0. The lowest BCUT2D eigenvalue weighted by Gasteiger charge is -2.13. The summed E-state index contributed by atoms with van der Waals surface area (Å²) in [5.74, 6) is 1.69. The Labute approximate surface area is 68.0 Å². The maximum Gasteiger partial charge on any atom is -0.0103 e. The van der Waals surface area contributed by atoms with Crippen LogP contribution >= 0.6 is 0 Å². The molecule has 3 saturated carbocycles. The molecule has 0 radical (unpaired) electrons. The monoisotopic (exact) mass is 146 g/mol. The molecule has 2 bridgehead atoms. The van der Waals surface area contributed by atoms with E-state index in [-0.39, 0.29) is 0 Å². The molecular formula is C11H14. The number of rotatable bonds is 0. The van der Waals surface area contributed by atoms with Crippen LogP contribution in [0.4, 0.5) is 0 Å². The largest absolute Gasteiger partial charge is 0.0953 e. The van der Waals surface area contributed by atoms with E-state index in [9.17, 15) is 0 Å². The lowest BCUT2D eigenvalue weighted by atomic mass is 9.92. The van der Waals surface area contributed by atoms with Gasteiger partial charge in [-0.1, -0.05) is 13.2 Å². The minimum Gasteiger partial charge on any atom is -0.0953 e. The molecule has 11 heavy (non-hydrogen) atoms. The minimum atomic E-state index is 0.716. The topological polar surface area (TPSA) is 0 Å². The van der Waals surface area contributed by atoms with Crippen molar-refractivity contribution >= 4 is 0 Å². The van der Waals surface area contributed by atoms with E-state index < -0.39 is 0 Å². The van der Waals surface area contributed by atoms with E-state index in [0.29, 0.717) is 5.41 Å². The van der Waals surface area contributed by atoms with Gasteiger partial charge in [-0.05, 0) is 54.1 Å². The normalized spacial score (nSPS) is 44.0. The third-order valence-electron chi connectivity index (χ3n) is 4.21. The van der Waals surface area contributed by atoms with Crippen LogP contribution in [0.1, 0.15) is 25.7 Å². The first-order valence-electron chi connectivity index (χ1n) is 4.64. The molecule has 0 N–H and O–H groups in total. The summed E-state index contributed by atoms with van der Waals surface area (Å²) in [4.78, 5) is 0. The second-order valence-corrected chi connectivity index (χ2v) is 4.47. The molecule has 1 spiro atoms. The summed E-state index contributed by atoms with van der Waals surface area (Å²) < 4.78 is 0. The molecule has 0 amide bonds. The van der Waals surface area contributed by atoms with Crippen LogP contribution in [-0.4, -0.2) is 0 Å². The van der Waals surface area contributed by atoms with Crippen molar-refractivity contribution in [3.63, 3.8) is 0 Å². The molecule has 0 heterocycles. The molecular weight excluding hydrogens is 132 g/mol. The van der Waals surface area contributed by atoms with E-state index in [4.69, 9.17) is 0 Å². The van der Waals surface area contributed by atoms with Crippen LogP contribution in [-0.2, 0) is 0 Å². The van der Waals surface area contributed by atoms with Crippen LogP contribution in [0.3, 0.4) is 0 Å². The highest BCUT2D eigenvalue weighted by molar-refractivity contribution is 5.45. The molecule has 0 aliphatic heterocycles. The van der Waals surface area contributed by atoms with Crippen molar-refractivity contribution in [3.8, 4) is 0 Å². The summed E-state index contributed by atoms with van der Waals surface area (Å²) in [7, 11) is 0. The second kappa shape index (κ2) is 1.48. The summed E-state index contributed by atoms with van der Waals surface area (Å²) in [6.07, 6.45) is 5.73. The quantitative estimate of drug-likeness (QED) is 0.493. The zero-order valence-corrected chi connectivity index (χ0v) is 6.90. The standard InChI is InChI=1S/C11H14/c1-7-8(2)10-4-3-9(7)11(10)5-6-11/h9-10H,1-6H2. The van der Waals surface area contributed by atoms with E-state index >= 15 is 0 Å². The Kier molecular flexibility index (Phi) is 0.812. The molecule has 0 heteroatoms. The van der Waals surface area contributed by atoms with Crippen molar-refractivity contribution in [2.45, 2.75) is 25.7 Å². The van der Waals surface area contributed by atoms with Gasteiger partial charge in [-0.2, -0.15) is 0 Å². The van der Waals surface area contributed by atoms with Gasteiger partial charge in [-0.15, -0.1) is 0 Å². The van der Waals surface area contributed by atoms with Crippen molar-refractivity contribution < 1.29 is 0 Å². The SMILES string of the molecule is C=C1C(=C)C2CCC1C21CC1. The van der Waals surface area contributed by atoms with E-state index in [1.165, 1.54) is 36.8 Å². The van der Waals surface area contributed by atoms with Gasteiger partial charge in [0.2, 0.25) is 0 Å². The molecule has 58 valence electrons. The maximum absolute atomic E-state index is 4.15. The third kappa shape index (κ3) is 0.473. The Balaban J connectivity index is 2.14. The number of hydrogen-bond donors (Lipinski definition) is 0. The highest BCUT2D eigenvalue weighted by Gasteiger charge is 2.64. The predicted octanol–water partition coefficient (Wildman–Crippen LogP) is 2.92. The van der Waals surface area contributed by atoms with Gasteiger partial charge in [0.15, 0.2) is 0 Å². The molecule has 3 rings (SSSR count). The molecule has 3 fully saturated rings. The summed E-state index contributed by atoms with van der Waals surface area (Å²) in [6.45, 7) is 8.31. The van der Waals surface area contributed by atoms with Gasteiger partial charge in [-0.3, -0.25) is 0 Å². The maximum atomic E-state index is 4.15. The Bertz CT molecular complexity index is 231. The van der Waals surface area contributed by atoms with Crippen LogP contribution in [0.25, 0.3) is 0 Å². The van der Waals surface area contributed by atoms with Crippen LogP contribution < -0.4 is 0 Å². The van der Waals surface area contributed by atoms with Crippen LogP contribution in [0.15, 0.2) is 24.3 Å². The minimum absolute atomic E-state index is 0.716. The average molecular weight is 146 g/mol. The highest BCUT2D eigenvalue weighted by Crippen LogP contribution is 2.73. The first-order chi connectivity index (χ1) is 5.26.